The van der Waals surface area contributed by atoms with Crippen molar-refractivity contribution >= 4 is 5.91 Å². The average molecular weight is 1310 g/mol. The van der Waals surface area contributed by atoms with E-state index < -0.39 is 49.5 Å². The number of carbonyl (C=O) groups is 1. The first-order valence-corrected chi connectivity index (χ1v) is 39.0. The fraction of sp³-hybridized carbons (Fsp3) is 0.706. The Morgan fingerprint density at radius 3 is 0.957 bits per heavy atom. The zero-order valence-corrected chi connectivity index (χ0v) is 60.4. The van der Waals surface area contributed by atoms with Crippen molar-refractivity contribution in [1.82, 2.24) is 5.32 Å². The van der Waals surface area contributed by atoms with E-state index in [0.717, 1.165) is 109 Å². The van der Waals surface area contributed by atoms with Crippen LogP contribution in [0, 0.1) is 0 Å². The van der Waals surface area contributed by atoms with Gasteiger partial charge < -0.3 is 40.3 Å². The van der Waals surface area contributed by atoms with Gasteiger partial charge in [-0.15, -0.1) is 0 Å². The van der Waals surface area contributed by atoms with Crippen molar-refractivity contribution < 1.29 is 39.8 Å². The van der Waals surface area contributed by atoms with Crippen molar-refractivity contribution in [2.75, 3.05) is 13.2 Å². The maximum Gasteiger partial charge on any atom is 0.220 e. The minimum atomic E-state index is -1.57. The van der Waals surface area contributed by atoms with E-state index in [4.69, 9.17) is 9.47 Å². The van der Waals surface area contributed by atoms with Crippen LogP contribution < -0.4 is 5.32 Å². The lowest BCUT2D eigenvalue weighted by Crippen LogP contribution is -2.60. The Hall–Kier alpha value is -3.93. The Kier molecular flexibility index (Phi) is 67.3. The van der Waals surface area contributed by atoms with Crippen LogP contribution in [-0.2, 0) is 14.3 Å². The number of aliphatic hydroxyl groups is 5. The maximum absolute atomic E-state index is 13.2. The molecule has 0 aromatic heterocycles. The molecular formula is C85H145NO8. The molecule has 6 N–H and O–H groups in total. The summed E-state index contributed by atoms with van der Waals surface area (Å²) in [7, 11) is 0. The Morgan fingerprint density at radius 2 is 0.660 bits per heavy atom. The molecule has 0 aliphatic carbocycles. The van der Waals surface area contributed by atoms with Crippen molar-refractivity contribution in [3.63, 3.8) is 0 Å². The normalized spacial score (nSPS) is 18.4. The summed E-state index contributed by atoms with van der Waals surface area (Å²) in [5, 5.41) is 55.0. The summed E-state index contributed by atoms with van der Waals surface area (Å²) in [4.78, 5) is 13.2. The molecule has 1 saturated heterocycles. The number of ether oxygens (including phenoxy) is 2. The van der Waals surface area contributed by atoms with E-state index in [-0.39, 0.29) is 12.5 Å². The topological polar surface area (TPSA) is 149 Å². The molecule has 538 valence electrons. The van der Waals surface area contributed by atoms with E-state index in [2.05, 4.69) is 165 Å². The van der Waals surface area contributed by atoms with Crippen LogP contribution in [0.15, 0.2) is 146 Å². The van der Waals surface area contributed by atoms with Crippen molar-refractivity contribution in [3.05, 3.63) is 146 Å². The fourth-order valence-electron chi connectivity index (χ4n) is 11.7. The van der Waals surface area contributed by atoms with Crippen molar-refractivity contribution in [1.29, 1.82) is 0 Å². The largest absolute Gasteiger partial charge is 0.394 e. The van der Waals surface area contributed by atoms with Gasteiger partial charge in [-0.1, -0.05) is 365 Å². The number of hydrogen-bond acceptors (Lipinski definition) is 8. The molecule has 1 rings (SSSR count). The van der Waals surface area contributed by atoms with Gasteiger partial charge in [0.15, 0.2) is 6.29 Å². The van der Waals surface area contributed by atoms with Gasteiger partial charge in [0, 0.05) is 6.42 Å². The number of rotatable bonds is 67. The summed E-state index contributed by atoms with van der Waals surface area (Å²) in [6.45, 7) is 3.73. The quantitative estimate of drug-likeness (QED) is 0.0261. The molecule has 0 radical (unpaired) electrons. The van der Waals surface area contributed by atoms with Gasteiger partial charge in [-0.3, -0.25) is 4.79 Å². The van der Waals surface area contributed by atoms with Gasteiger partial charge in [0.1, 0.15) is 24.4 Å². The Balaban J connectivity index is 2.15. The predicted molar refractivity (Wildman–Crippen MR) is 405 cm³/mol. The fourth-order valence-corrected chi connectivity index (χ4v) is 11.7. The number of allylic oxidation sites excluding steroid dienone is 24. The number of unbranched alkanes of at least 4 members (excludes halogenated alkanes) is 33. The minimum Gasteiger partial charge on any atom is -0.394 e. The number of amides is 1. The molecular weight excluding hydrogens is 1160 g/mol. The van der Waals surface area contributed by atoms with Gasteiger partial charge in [0.25, 0.3) is 0 Å². The van der Waals surface area contributed by atoms with Crippen LogP contribution >= 0.6 is 0 Å². The first kappa shape index (κ1) is 88.1. The van der Waals surface area contributed by atoms with Crippen LogP contribution in [0.3, 0.4) is 0 Å². The Morgan fingerprint density at radius 1 is 0.372 bits per heavy atom. The first-order chi connectivity index (χ1) is 46.3. The zero-order chi connectivity index (χ0) is 67.8. The number of aliphatic hydroxyl groups excluding tert-OH is 5. The molecule has 0 saturated carbocycles. The van der Waals surface area contributed by atoms with Crippen molar-refractivity contribution in [2.45, 2.75) is 371 Å². The van der Waals surface area contributed by atoms with Gasteiger partial charge in [-0.25, -0.2) is 0 Å². The van der Waals surface area contributed by atoms with E-state index in [1.807, 2.05) is 0 Å². The summed E-state index contributed by atoms with van der Waals surface area (Å²) < 4.78 is 11.4. The molecule has 0 spiro atoms. The molecule has 94 heavy (non-hydrogen) atoms. The third-order valence-corrected chi connectivity index (χ3v) is 17.7. The number of nitrogens with one attached hydrogen (secondary N) is 1. The SMILES string of the molecule is CC/C=C\C/C=C\C/C=C\C/C=C\C/C=C\C/C=C\C/C=C\C/C=C\C/C=C\C/C=C\C/C=C\C/C=C\CCCCC(=O)NC(COC1OC(CO)C(O)C(O)C1O)C(O)CCCCCCCCCCCCCCCCCCCCCCCCCCCCCCCCCC. The van der Waals surface area contributed by atoms with Crippen LogP contribution in [0.2, 0.25) is 0 Å². The lowest BCUT2D eigenvalue weighted by molar-refractivity contribution is -0.302. The van der Waals surface area contributed by atoms with Crippen LogP contribution in [0.5, 0.6) is 0 Å². The van der Waals surface area contributed by atoms with Gasteiger partial charge >= 0.3 is 0 Å². The Labute approximate surface area is 578 Å². The van der Waals surface area contributed by atoms with Crippen molar-refractivity contribution in [3.8, 4) is 0 Å². The van der Waals surface area contributed by atoms with E-state index in [9.17, 15) is 30.3 Å². The van der Waals surface area contributed by atoms with E-state index in [1.165, 1.54) is 186 Å². The van der Waals surface area contributed by atoms with Gasteiger partial charge in [-0.2, -0.15) is 0 Å². The minimum absolute atomic E-state index is 0.164. The van der Waals surface area contributed by atoms with E-state index in [0.29, 0.717) is 19.3 Å². The third kappa shape index (κ3) is 59.3. The lowest BCUT2D eigenvalue weighted by Gasteiger charge is -2.40. The van der Waals surface area contributed by atoms with Crippen molar-refractivity contribution in [2.24, 2.45) is 0 Å². The molecule has 1 aliphatic heterocycles. The monoisotopic (exact) mass is 1310 g/mol. The predicted octanol–water partition coefficient (Wildman–Crippen LogP) is 22.5. The molecule has 0 aromatic rings. The highest BCUT2D eigenvalue weighted by atomic mass is 16.7. The van der Waals surface area contributed by atoms with Crippen LogP contribution in [0.1, 0.15) is 328 Å². The third-order valence-electron chi connectivity index (χ3n) is 17.7. The standard InChI is InChI=1S/C85H145NO8/c1-3-5-7-9-11-13-15-17-19-21-23-25-27-29-31-33-35-37-38-39-40-41-42-43-45-47-49-51-53-55-57-59-61-63-65-67-69-71-73-75-81(89)86-78(77-93-85-84(92)83(91)82(90)80(76-87)94-85)79(88)74-72-70-68-66-64-62-60-58-56-54-52-50-48-46-44-36-34-32-30-28-26-24-22-20-18-16-14-12-10-8-6-4-2/h5,7,11,13,17,19,23,25,29,31,35,37,39-40,42-43,47,49,53,55,59,61,65,67,78-80,82-85,87-88,90-92H,3-4,6,8-10,12,14-16,18,20-22,24,26-28,30,32-34,36,38,41,44-46,48,50-52,54,56-58,60,62-64,66,68-77H2,1-2H3,(H,86,89)/b7-5-,13-11-,19-17-,25-23-,31-29-,37-35-,40-39-,43-42-,49-47-,55-53-,61-59-,67-65-. The van der Waals surface area contributed by atoms with Gasteiger partial charge in [-0.05, 0) is 103 Å². The maximum atomic E-state index is 13.2. The summed E-state index contributed by atoms with van der Waals surface area (Å²) in [6.07, 6.45) is 104. The summed E-state index contributed by atoms with van der Waals surface area (Å²) in [5.74, 6) is -0.188. The molecule has 9 heteroatoms. The molecule has 0 aromatic carbocycles. The van der Waals surface area contributed by atoms with E-state index in [1.54, 1.807) is 0 Å². The Bertz CT molecular complexity index is 2010. The number of hydrogen-bond donors (Lipinski definition) is 6. The highest BCUT2D eigenvalue weighted by Crippen LogP contribution is 2.24. The zero-order valence-electron chi connectivity index (χ0n) is 60.4. The highest BCUT2D eigenvalue weighted by Gasteiger charge is 2.44. The molecule has 7 atom stereocenters. The summed E-state index contributed by atoms with van der Waals surface area (Å²) in [6, 6.07) is -0.756. The van der Waals surface area contributed by atoms with Gasteiger partial charge in [0.2, 0.25) is 5.91 Å². The summed E-state index contributed by atoms with van der Waals surface area (Å²) in [5.41, 5.74) is 0. The van der Waals surface area contributed by atoms with Crippen LogP contribution in [-0.4, -0.2) is 87.5 Å². The van der Waals surface area contributed by atoms with Crippen LogP contribution in [0.4, 0.5) is 0 Å². The smallest absolute Gasteiger partial charge is 0.220 e. The first-order valence-electron chi connectivity index (χ1n) is 39.0. The van der Waals surface area contributed by atoms with Gasteiger partial charge in [0.05, 0.1) is 25.4 Å². The van der Waals surface area contributed by atoms with E-state index >= 15 is 0 Å². The number of carbonyl (C=O) groups excluding carboxylic acids is 1. The molecule has 0 bridgehead atoms. The second-order valence-corrected chi connectivity index (χ2v) is 26.4. The summed E-state index contributed by atoms with van der Waals surface area (Å²) >= 11 is 0. The lowest BCUT2D eigenvalue weighted by atomic mass is 9.99. The highest BCUT2D eigenvalue weighted by molar-refractivity contribution is 5.76. The second kappa shape index (κ2) is 71.8. The molecule has 9 nitrogen and oxygen atoms in total. The molecule has 1 heterocycles. The molecule has 1 aliphatic rings. The van der Waals surface area contributed by atoms with Crippen LogP contribution in [0.25, 0.3) is 0 Å². The molecule has 1 fully saturated rings. The average Bonchev–Trinajstić information content (AvgIpc) is 0.829. The molecule has 1 amide bonds. The molecule has 7 unspecified atom stereocenters. The second-order valence-electron chi connectivity index (χ2n) is 26.4.